The molecule has 6 rings (SSSR count). The van der Waals surface area contributed by atoms with Gasteiger partial charge in [-0.2, -0.15) is 0 Å². The predicted octanol–water partition coefficient (Wildman–Crippen LogP) is 18.4. The molecule has 0 aliphatic heterocycles. The van der Waals surface area contributed by atoms with E-state index in [0.717, 1.165) is 77.0 Å². The van der Waals surface area contributed by atoms with E-state index in [2.05, 4.69) is 0 Å². The van der Waals surface area contributed by atoms with E-state index in [-0.39, 0.29) is 160 Å². The Morgan fingerprint density at radius 1 is 0.211 bits per heavy atom. The fraction of sp³-hybridized carbons (Fsp3) is 0.906. The highest BCUT2D eigenvalue weighted by molar-refractivity contribution is 5.75. The van der Waals surface area contributed by atoms with E-state index in [4.69, 9.17) is 28.4 Å². The number of carbonyl (C=O) groups is 6. The van der Waals surface area contributed by atoms with Gasteiger partial charge in [-0.3, -0.25) is 28.8 Å². The van der Waals surface area contributed by atoms with Crippen LogP contribution in [0, 0.1) is 35.5 Å². The molecule has 12 heteroatoms. The van der Waals surface area contributed by atoms with Gasteiger partial charge in [0.25, 0.3) is 0 Å². The molecule has 0 atom stereocenters. The van der Waals surface area contributed by atoms with E-state index in [0.29, 0.717) is 0 Å². The van der Waals surface area contributed by atoms with Crippen molar-refractivity contribution in [2.75, 3.05) is 0 Å². The molecule has 6 fully saturated rings. The first-order valence-electron chi connectivity index (χ1n) is 27.9. The summed E-state index contributed by atoms with van der Waals surface area (Å²) in [6.07, 6.45) is 31.1. The minimum Gasteiger partial charge on any atom is -0.463 e. The highest BCUT2D eigenvalue weighted by Gasteiger charge is 2.32. The third-order valence-electron chi connectivity index (χ3n) is 12.7. The lowest BCUT2D eigenvalue weighted by atomic mass is 9.86. The van der Waals surface area contributed by atoms with Crippen molar-refractivity contribution >= 4 is 35.8 Å². The maximum Gasteiger partial charge on any atom is 0.309 e. The van der Waals surface area contributed by atoms with Crippen LogP contribution in [-0.2, 0) is 57.2 Å². The van der Waals surface area contributed by atoms with E-state index in [9.17, 15) is 28.8 Å². The summed E-state index contributed by atoms with van der Waals surface area (Å²) in [6.45, 7) is 22.8. The van der Waals surface area contributed by atoms with Gasteiger partial charge in [0.05, 0.1) is 72.1 Å². The van der Waals surface area contributed by atoms with Crippen molar-refractivity contribution in [2.24, 2.45) is 35.5 Å². The summed E-state index contributed by atoms with van der Waals surface area (Å²) in [7, 11) is 0. The zero-order valence-corrected chi connectivity index (χ0v) is 45.9. The maximum atomic E-state index is 11.7. The Kier molecular flexibility index (Phi) is 58.5. The Morgan fingerprint density at radius 2 is 0.329 bits per heavy atom. The molecule has 0 spiro atoms. The van der Waals surface area contributed by atoms with Crippen LogP contribution in [0.2, 0.25) is 0 Å². The summed E-state index contributed by atoms with van der Waals surface area (Å²) in [4.78, 5) is 67.6. The van der Waals surface area contributed by atoms with Crippen LogP contribution < -0.4 is 0 Å². The molecule has 0 bridgehead atoms. The number of rotatable bonds is 12. The van der Waals surface area contributed by atoms with Crippen molar-refractivity contribution < 1.29 is 57.2 Å². The molecule has 6 aliphatic rings. The number of esters is 6. The lowest BCUT2D eigenvalue weighted by Crippen LogP contribution is -2.26. The number of hydrogen-bond donors (Lipinski definition) is 0. The molecule has 0 aromatic carbocycles. The van der Waals surface area contributed by atoms with Gasteiger partial charge < -0.3 is 28.4 Å². The molecule has 0 radical (unpaired) electrons. The van der Waals surface area contributed by atoms with E-state index in [1.54, 1.807) is 0 Å². The van der Waals surface area contributed by atoms with Gasteiger partial charge in [-0.05, 0) is 160 Å². The van der Waals surface area contributed by atoms with Crippen molar-refractivity contribution in [1.82, 2.24) is 0 Å². The second-order valence-electron chi connectivity index (χ2n) is 21.9. The van der Waals surface area contributed by atoms with E-state index < -0.39 is 0 Å². The van der Waals surface area contributed by atoms with E-state index in [1.807, 2.05) is 83.1 Å². The fourth-order valence-electron chi connectivity index (χ4n) is 8.64. The molecular formula is C64H130O12. The van der Waals surface area contributed by atoms with Crippen LogP contribution in [0.25, 0.3) is 0 Å². The van der Waals surface area contributed by atoms with Gasteiger partial charge in [-0.1, -0.05) is 148 Å². The highest BCUT2D eigenvalue weighted by Crippen LogP contribution is 2.31. The lowest BCUT2D eigenvalue weighted by molar-refractivity contribution is -0.155. The van der Waals surface area contributed by atoms with Crippen LogP contribution in [0.1, 0.15) is 308 Å². The zero-order valence-electron chi connectivity index (χ0n) is 45.9. The fourth-order valence-corrected chi connectivity index (χ4v) is 8.64. The Morgan fingerprint density at radius 3 is 0.461 bits per heavy atom. The van der Waals surface area contributed by atoms with Crippen molar-refractivity contribution in [3.63, 3.8) is 0 Å². The molecule has 0 heterocycles. The van der Waals surface area contributed by atoms with Crippen molar-refractivity contribution in [2.45, 2.75) is 345 Å². The first kappa shape index (κ1) is 86.7. The first-order chi connectivity index (χ1) is 32.7. The van der Waals surface area contributed by atoms with Crippen LogP contribution >= 0.6 is 0 Å². The Hall–Kier alpha value is -3.18. The molecule has 76 heavy (non-hydrogen) atoms. The van der Waals surface area contributed by atoms with Gasteiger partial charge in [0.15, 0.2) is 0 Å². The Bertz CT molecular complexity index is 1390. The summed E-state index contributed by atoms with van der Waals surface area (Å²) in [5, 5.41) is 0. The number of carbonyl (C=O) groups excluding carboxylic acids is 6. The van der Waals surface area contributed by atoms with Gasteiger partial charge in [0, 0.05) is 0 Å². The molecule has 6 aliphatic carbocycles. The summed E-state index contributed by atoms with van der Waals surface area (Å²) >= 11 is 0. The van der Waals surface area contributed by atoms with Crippen LogP contribution in [0.15, 0.2) is 0 Å². The molecule has 0 amide bonds. The second-order valence-corrected chi connectivity index (χ2v) is 21.9. The van der Waals surface area contributed by atoms with Crippen molar-refractivity contribution in [3.8, 4) is 0 Å². The molecule has 0 saturated heterocycles. The van der Waals surface area contributed by atoms with Crippen molar-refractivity contribution in [3.05, 3.63) is 0 Å². The zero-order chi connectivity index (χ0) is 51.7. The van der Waals surface area contributed by atoms with Gasteiger partial charge in [-0.25, -0.2) is 0 Å². The average molecular weight is 1090 g/mol. The third kappa shape index (κ3) is 44.8. The van der Waals surface area contributed by atoms with E-state index >= 15 is 0 Å². The molecule has 0 unspecified atom stereocenters. The highest BCUT2D eigenvalue weighted by atomic mass is 16.6. The second kappa shape index (κ2) is 51.3. The molecule has 6 saturated carbocycles. The Balaban J connectivity index is -0.000000148. The summed E-state index contributed by atoms with van der Waals surface area (Å²) in [6, 6.07) is 0. The average Bonchev–Trinajstić information content (AvgIpc) is 4.00. The van der Waals surface area contributed by atoms with Crippen molar-refractivity contribution in [1.29, 1.82) is 0 Å². The summed E-state index contributed by atoms with van der Waals surface area (Å²) in [5.41, 5.74) is 0. The molecule has 0 N–H and O–H groups in total. The van der Waals surface area contributed by atoms with E-state index in [1.165, 1.54) is 96.3 Å². The summed E-state index contributed by atoms with van der Waals surface area (Å²) < 4.78 is 30.6. The van der Waals surface area contributed by atoms with Crippen LogP contribution in [0.3, 0.4) is 0 Å². The normalized spacial score (nSPS) is 17.6. The third-order valence-corrected chi connectivity index (χ3v) is 12.7. The molecule has 12 nitrogen and oxygen atoms in total. The van der Waals surface area contributed by atoms with Gasteiger partial charge in [-0.15, -0.1) is 0 Å². The largest absolute Gasteiger partial charge is 0.463 e. The number of ether oxygens (including phenoxy) is 6. The smallest absolute Gasteiger partial charge is 0.309 e. The Labute approximate surface area is 471 Å². The SMILES string of the molecule is C.C.C.C.C.C.C.CC(C)OC(=O)C1CC1.CC(C)OC(=O)C1CCC1.CC(C)OC(=O)C1CCCC1.CC(C)OC(=O)C1CCCCC1.CC(C)OC(=O)C1CCCCCC1.CC(C)OC(=O)C1CCCCCCC1. The number of hydrogen-bond acceptors (Lipinski definition) is 12. The minimum atomic E-state index is -0.00926. The van der Waals surface area contributed by atoms with Crippen LogP contribution in [0.4, 0.5) is 0 Å². The molecule has 0 aromatic heterocycles. The first-order valence-corrected chi connectivity index (χ1v) is 27.9. The van der Waals surface area contributed by atoms with Gasteiger partial charge in [0.1, 0.15) is 0 Å². The molecular weight excluding hydrogens is 961 g/mol. The van der Waals surface area contributed by atoms with Crippen LogP contribution in [-0.4, -0.2) is 72.4 Å². The molecule has 0 aromatic rings. The van der Waals surface area contributed by atoms with Gasteiger partial charge >= 0.3 is 35.8 Å². The minimum absolute atomic E-state index is 0. The topological polar surface area (TPSA) is 158 Å². The standard InChI is InChI=1S/C12H22O2.C11H20O2.C10H18O2.C9H16O2.C8H14O2.C7H12O2.7CH4/c1-10(2)14-12(13)11-8-6-4-3-5-7-9-11;1-9(2)13-11(12)10-7-5-3-4-6-8-10;1-8(2)12-10(11)9-6-4-3-5-7-9;1-7(2)11-9(10)8-5-3-4-6-8;1-6(2)10-8(9)7-4-3-5-7;1-5(2)9-7(8)6-3-4-6;;;;;;;/h10-11H,3-9H2,1-2H3;9-10H,3-8H2,1-2H3;8-9H,3-7H2,1-2H3;7-8H,3-6H2,1-2H3;6-7H,3-5H2,1-2H3;5-6H,3-4H2,1-2H3;7*1H4. The monoisotopic (exact) mass is 1090 g/mol. The molecule has 458 valence electrons. The lowest BCUT2D eigenvalue weighted by Gasteiger charge is -2.24. The summed E-state index contributed by atoms with van der Waals surface area (Å²) in [5.74, 6) is 1.31. The maximum absolute atomic E-state index is 11.7. The van der Waals surface area contributed by atoms with Gasteiger partial charge in [0.2, 0.25) is 0 Å². The quantitative estimate of drug-likeness (QED) is 0.104. The van der Waals surface area contributed by atoms with Crippen LogP contribution in [0.5, 0.6) is 0 Å². The predicted molar refractivity (Wildman–Crippen MR) is 320 cm³/mol.